The zero-order chi connectivity index (χ0) is 16.5. The highest BCUT2D eigenvalue weighted by atomic mass is 16.5. The van der Waals surface area contributed by atoms with Crippen molar-refractivity contribution in [3.63, 3.8) is 0 Å². The Morgan fingerprint density at radius 3 is 2.35 bits per heavy atom. The van der Waals surface area contributed by atoms with Gasteiger partial charge in [0.25, 0.3) is 0 Å². The normalized spacial score (nSPS) is 10.1. The van der Waals surface area contributed by atoms with Crippen LogP contribution in [0.3, 0.4) is 0 Å². The van der Waals surface area contributed by atoms with E-state index in [1.165, 1.54) is 23.8 Å². The van der Waals surface area contributed by atoms with E-state index in [-0.39, 0.29) is 5.90 Å². The van der Waals surface area contributed by atoms with Crippen molar-refractivity contribution in [1.82, 2.24) is 5.32 Å². The Balaban J connectivity index is 1.76. The van der Waals surface area contributed by atoms with Gasteiger partial charge in [0, 0.05) is 5.70 Å². The van der Waals surface area contributed by atoms with Gasteiger partial charge < -0.3 is 10.1 Å². The van der Waals surface area contributed by atoms with Gasteiger partial charge in [-0.2, -0.15) is 0 Å². The van der Waals surface area contributed by atoms with Crippen LogP contribution in [0.15, 0.2) is 66.9 Å². The molecule has 2 rings (SSSR count). The van der Waals surface area contributed by atoms with Crippen LogP contribution in [-0.4, -0.2) is 19.6 Å². The highest BCUT2D eigenvalue weighted by Gasteiger charge is 2.00. The molecule has 0 fully saturated rings. The van der Waals surface area contributed by atoms with E-state index in [4.69, 9.17) is 10.1 Å². The molecule has 2 N–H and O–H groups in total. The van der Waals surface area contributed by atoms with Crippen LogP contribution >= 0.6 is 0 Å². The second-order valence-electron chi connectivity index (χ2n) is 5.50. The molecule has 0 unspecified atom stereocenters. The smallest absolute Gasteiger partial charge is 0.200 e. The summed E-state index contributed by atoms with van der Waals surface area (Å²) in [5.74, 6) is 0.225. The Morgan fingerprint density at radius 2 is 1.70 bits per heavy atom. The average Bonchev–Trinajstić information content (AvgIpc) is 2.61. The van der Waals surface area contributed by atoms with Gasteiger partial charge in [0.1, 0.15) is 0 Å². The fourth-order valence-electron chi connectivity index (χ4n) is 2.37. The number of hydrogen-bond donors (Lipinski definition) is 2. The van der Waals surface area contributed by atoms with Crippen LogP contribution in [0.1, 0.15) is 18.4 Å². The summed E-state index contributed by atoms with van der Waals surface area (Å²) in [7, 11) is 1.51. The van der Waals surface area contributed by atoms with Gasteiger partial charge in [-0.25, -0.2) is 0 Å². The summed E-state index contributed by atoms with van der Waals surface area (Å²) >= 11 is 0. The molecule has 120 valence electrons. The highest BCUT2D eigenvalue weighted by Crippen LogP contribution is 2.20. The number of hydrogen-bond acceptors (Lipinski definition) is 3. The SMILES string of the molecule is C=C(CCCc1ccc(-c2ccccc2)cc1)NCC(=N)OC. The third-order valence-corrected chi connectivity index (χ3v) is 3.75. The number of rotatable bonds is 8. The molecule has 0 saturated carbocycles. The summed E-state index contributed by atoms with van der Waals surface area (Å²) in [6, 6.07) is 19.2. The van der Waals surface area contributed by atoms with Gasteiger partial charge in [0.15, 0.2) is 5.90 Å². The predicted molar refractivity (Wildman–Crippen MR) is 96.7 cm³/mol. The van der Waals surface area contributed by atoms with Crippen molar-refractivity contribution >= 4 is 5.90 Å². The zero-order valence-corrected chi connectivity index (χ0v) is 13.6. The van der Waals surface area contributed by atoms with Gasteiger partial charge in [0.2, 0.25) is 0 Å². The predicted octanol–water partition coefficient (Wildman–Crippen LogP) is 4.40. The third kappa shape index (κ3) is 5.62. The van der Waals surface area contributed by atoms with Crippen molar-refractivity contribution < 1.29 is 4.74 Å². The first kappa shape index (κ1) is 16.8. The van der Waals surface area contributed by atoms with Crippen LogP contribution in [0.2, 0.25) is 0 Å². The van der Waals surface area contributed by atoms with Crippen LogP contribution < -0.4 is 5.32 Å². The molecular weight excluding hydrogens is 284 g/mol. The van der Waals surface area contributed by atoms with Gasteiger partial charge in [-0.15, -0.1) is 0 Å². The minimum Gasteiger partial charge on any atom is -0.483 e. The van der Waals surface area contributed by atoms with Crippen LogP contribution in [0, 0.1) is 5.41 Å². The molecule has 23 heavy (non-hydrogen) atoms. The minimum atomic E-state index is 0.225. The van der Waals surface area contributed by atoms with Crippen molar-refractivity contribution in [1.29, 1.82) is 5.41 Å². The lowest BCUT2D eigenvalue weighted by molar-refractivity contribution is 0.388. The largest absolute Gasteiger partial charge is 0.483 e. The molecule has 0 aliphatic heterocycles. The molecule has 3 heteroatoms. The first-order valence-corrected chi connectivity index (χ1v) is 7.86. The Hall–Kier alpha value is -2.55. The van der Waals surface area contributed by atoms with Crippen LogP contribution in [0.25, 0.3) is 11.1 Å². The maximum atomic E-state index is 7.41. The van der Waals surface area contributed by atoms with Crippen LogP contribution in [0.4, 0.5) is 0 Å². The van der Waals surface area contributed by atoms with Gasteiger partial charge in [-0.3, -0.25) is 5.41 Å². The average molecular weight is 308 g/mol. The number of aryl methyl sites for hydroxylation is 1. The molecule has 0 heterocycles. The molecule has 0 aromatic heterocycles. The maximum absolute atomic E-state index is 7.41. The number of allylic oxidation sites excluding steroid dienone is 1. The topological polar surface area (TPSA) is 45.1 Å². The molecule has 0 aliphatic carbocycles. The molecule has 0 atom stereocenters. The fourth-order valence-corrected chi connectivity index (χ4v) is 2.37. The number of nitrogens with one attached hydrogen (secondary N) is 2. The summed E-state index contributed by atoms with van der Waals surface area (Å²) < 4.78 is 4.80. The van der Waals surface area contributed by atoms with E-state index in [0.717, 1.165) is 25.0 Å². The number of ether oxygens (including phenoxy) is 1. The lowest BCUT2D eigenvalue weighted by Crippen LogP contribution is -2.22. The van der Waals surface area contributed by atoms with Crippen molar-refractivity contribution in [2.75, 3.05) is 13.7 Å². The van der Waals surface area contributed by atoms with E-state index < -0.39 is 0 Å². The minimum absolute atomic E-state index is 0.225. The Morgan fingerprint density at radius 1 is 1.04 bits per heavy atom. The highest BCUT2D eigenvalue weighted by molar-refractivity contribution is 5.74. The van der Waals surface area contributed by atoms with E-state index in [9.17, 15) is 0 Å². The van der Waals surface area contributed by atoms with Crippen LogP contribution in [0.5, 0.6) is 0 Å². The van der Waals surface area contributed by atoms with E-state index in [2.05, 4.69) is 60.4 Å². The van der Waals surface area contributed by atoms with E-state index in [1.54, 1.807) is 0 Å². The molecular formula is C20H24N2O. The van der Waals surface area contributed by atoms with Gasteiger partial charge >= 0.3 is 0 Å². The Kier molecular flexibility index (Phi) is 6.42. The summed E-state index contributed by atoms with van der Waals surface area (Å²) in [6.07, 6.45) is 2.96. The zero-order valence-electron chi connectivity index (χ0n) is 13.6. The Bertz CT molecular complexity index is 632. The second-order valence-corrected chi connectivity index (χ2v) is 5.50. The molecule has 0 bridgehead atoms. The third-order valence-electron chi connectivity index (χ3n) is 3.75. The monoisotopic (exact) mass is 308 g/mol. The van der Waals surface area contributed by atoms with Crippen molar-refractivity contribution in [3.8, 4) is 11.1 Å². The molecule has 2 aromatic rings. The van der Waals surface area contributed by atoms with Gasteiger partial charge in [0.05, 0.1) is 13.7 Å². The molecule has 0 radical (unpaired) electrons. The summed E-state index contributed by atoms with van der Waals surface area (Å²) in [4.78, 5) is 0. The van der Waals surface area contributed by atoms with Crippen LogP contribution in [-0.2, 0) is 11.2 Å². The molecule has 3 nitrogen and oxygen atoms in total. The quantitative estimate of drug-likeness (QED) is 0.560. The lowest BCUT2D eigenvalue weighted by Gasteiger charge is -2.10. The maximum Gasteiger partial charge on any atom is 0.200 e. The second kappa shape index (κ2) is 8.79. The molecule has 2 aromatic carbocycles. The lowest BCUT2D eigenvalue weighted by atomic mass is 10.0. The fraction of sp³-hybridized carbons (Fsp3) is 0.250. The Labute approximate surface area is 138 Å². The number of benzene rings is 2. The first-order valence-electron chi connectivity index (χ1n) is 7.86. The molecule has 0 saturated heterocycles. The van der Waals surface area contributed by atoms with Crippen molar-refractivity contribution in [3.05, 3.63) is 72.4 Å². The van der Waals surface area contributed by atoms with Gasteiger partial charge in [-0.1, -0.05) is 61.2 Å². The molecule has 0 spiro atoms. The first-order chi connectivity index (χ1) is 11.2. The summed E-state index contributed by atoms with van der Waals surface area (Å²) in [5.41, 5.74) is 4.78. The molecule has 0 amide bonds. The van der Waals surface area contributed by atoms with E-state index in [1.807, 2.05) is 6.07 Å². The van der Waals surface area contributed by atoms with E-state index >= 15 is 0 Å². The standard InChI is InChI=1S/C20H24N2O/c1-16(22-15-20(21)23-2)7-6-8-17-11-13-19(14-12-17)18-9-4-3-5-10-18/h3-5,9-14,21-22H,1,6-8,15H2,2H3. The summed E-state index contributed by atoms with van der Waals surface area (Å²) in [6.45, 7) is 4.39. The number of methoxy groups -OCH3 is 1. The molecule has 0 aliphatic rings. The summed E-state index contributed by atoms with van der Waals surface area (Å²) in [5, 5.41) is 10.5. The van der Waals surface area contributed by atoms with Crippen molar-refractivity contribution in [2.45, 2.75) is 19.3 Å². The van der Waals surface area contributed by atoms with Crippen molar-refractivity contribution in [2.24, 2.45) is 0 Å². The van der Waals surface area contributed by atoms with E-state index in [0.29, 0.717) is 6.54 Å². The van der Waals surface area contributed by atoms with Gasteiger partial charge in [-0.05, 0) is 36.0 Å².